The second-order valence-electron chi connectivity index (χ2n) is 6.21. The molecular formula is C17H21N9O3. The molecule has 0 bridgehead atoms. The summed E-state index contributed by atoms with van der Waals surface area (Å²) >= 11 is 0. The van der Waals surface area contributed by atoms with Crippen LogP contribution in [0.4, 0.5) is 5.82 Å². The van der Waals surface area contributed by atoms with Gasteiger partial charge in [-0.15, -0.1) is 5.10 Å². The van der Waals surface area contributed by atoms with Crippen LogP contribution < -0.4 is 15.9 Å². The molecule has 12 heteroatoms. The van der Waals surface area contributed by atoms with Gasteiger partial charge in [-0.25, -0.2) is 10.1 Å². The van der Waals surface area contributed by atoms with E-state index in [1.807, 2.05) is 50.2 Å². The Morgan fingerprint density at radius 2 is 2.10 bits per heavy atom. The largest absolute Gasteiger partial charge is 0.494 e. The monoisotopic (exact) mass is 399 g/mol. The second-order valence-corrected chi connectivity index (χ2v) is 6.21. The van der Waals surface area contributed by atoms with Gasteiger partial charge in [0.1, 0.15) is 5.75 Å². The lowest BCUT2D eigenvalue weighted by molar-refractivity contribution is 0.0948. The highest BCUT2D eigenvalue weighted by Gasteiger charge is 2.24. The Hall–Kier alpha value is -3.80. The van der Waals surface area contributed by atoms with E-state index in [0.29, 0.717) is 18.8 Å². The van der Waals surface area contributed by atoms with Crippen LogP contribution in [0.1, 0.15) is 28.7 Å². The Balaban J connectivity index is 1.76. The molecule has 152 valence electrons. The van der Waals surface area contributed by atoms with Gasteiger partial charge in [0.25, 0.3) is 5.91 Å². The molecule has 29 heavy (non-hydrogen) atoms. The summed E-state index contributed by atoms with van der Waals surface area (Å²) in [5.41, 5.74) is 9.53. The second kappa shape index (κ2) is 8.93. The third kappa shape index (κ3) is 4.73. The van der Waals surface area contributed by atoms with Gasteiger partial charge in [0.15, 0.2) is 5.69 Å². The molecule has 0 saturated heterocycles. The standard InChI is InChI=1S/C17H21N9O3/c1-4-28-12-7-5-11(6-8-12)9-19-21-17(27)14-13(10-25(2)3)26(24-20-14)16-15(18)22-29-23-16/h5-9H,4,10H2,1-3H3,(H2,18,22)(H,21,27)/b19-9-. The number of hydrogen-bond donors (Lipinski definition) is 2. The van der Waals surface area contributed by atoms with E-state index in [1.54, 1.807) is 0 Å². The van der Waals surface area contributed by atoms with Crippen LogP contribution in [0.3, 0.4) is 0 Å². The number of nitrogen functional groups attached to an aromatic ring is 1. The molecule has 0 aliphatic heterocycles. The fourth-order valence-corrected chi connectivity index (χ4v) is 2.46. The fourth-order valence-electron chi connectivity index (χ4n) is 2.46. The molecule has 0 spiro atoms. The van der Waals surface area contributed by atoms with E-state index in [4.69, 9.17) is 10.5 Å². The molecule has 3 aromatic rings. The van der Waals surface area contributed by atoms with Crippen molar-refractivity contribution >= 4 is 17.9 Å². The number of hydrogen-bond acceptors (Lipinski definition) is 10. The highest BCUT2D eigenvalue weighted by atomic mass is 16.6. The predicted octanol–water partition coefficient (Wildman–Crippen LogP) is 0.457. The highest BCUT2D eigenvalue weighted by Crippen LogP contribution is 2.17. The van der Waals surface area contributed by atoms with E-state index >= 15 is 0 Å². The van der Waals surface area contributed by atoms with Crippen LogP contribution in [-0.4, -0.2) is 63.0 Å². The van der Waals surface area contributed by atoms with Gasteiger partial charge in [-0.1, -0.05) is 5.21 Å². The molecule has 0 saturated carbocycles. The molecule has 0 aliphatic carbocycles. The molecule has 0 atom stereocenters. The van der Waals surface area contributed by atoms with Crippen LogP contribution in [-0.2, 0) is 6.54 Å². The summed E-state index contributed by atoms with van der Waals surface area (Å²) in [4.78, 5) is 14.4. The smallest absolute Gasteiger partial charge is 0.293 e. The quantitative estimate of drug-likeness (QED) is 0.407. The number of aromatic nitrogens is 5. The molecule has 1 amide bonds. The van der Waals surface area contributed by atoms with Crippen LogP contribution in [0.5, 0.6) is 5.75 Å². The Morgan fingerprint density at radius 3 is 2.72 bits per heavy atom. The van der Waals surface area contributed by atoms with Gasteiger partial charge in [0.2, 0.25) is 11.6 Å². The minimum Gasteiger partial charge on any atom is -0.494 e. The summed E-state index contributed by atoms with van der Waals surface area (Å²) in [7, 11) is 3.68. The third-order valence-corrected chi connectivity index (χ3v) is 3.71. The number of carbonyl (C=O) groups is 1. The minimum atomic E-state index is -0.523. The number of nitrogens with two attached hydrogens (primary N) is 1. The van der Waals surface area contributed by atoms with Gasteiger partial charge in [-0.05, 0) is 61.2 Å². The lowest BCUT2D eigenvalue weighted by Crippen LogP contribution is -2.23. The molecule has 3 N–H and O–H groups in total. The van der Waals surface area contributed by atoms with E-state index < -0.39 is 5.91 Å². The first-order chi connectivity index (χ1) is 14.0. The summed E-state index contributed by atoms with van der Waals surface area (Å²) in [6.45, 7) is 2.86. The van der Waals surface area contributed by atoms with Crippen LogP contribution >= 0.6 is 0 Å². The van der Waals surface area contributed by atoms with Crippen LogP contribution in [0.15, 0.2) is 34.0 Å². The molecule has 0 fully saturated rings. The number of benzene rings is 1. The first-order valence-electron chi connectivity index (χ1n) is 8.73. The number of nitrogens with zero attached hydrogens (tertiary/aromatic N) is 7. The number of hydrazone groups is 1. The summed E-state index contributed by atoms with van der Waals surface area (Å²) in [6.07, 6.45) is 1.52. The normalized spacial score (nSPS) is 11.3. The molecule has 1 aromatic carbocycles. The lowest BCUT2D eigenvalue weighted by atomic mass is 10.2. The van der Waals surface area contributed by atoms with Gasteiger partial charge >= 0.3 is 0 Å². The zero-order valence-corrected chi connectivity index (χ0v) is 16.2. The van der Waals surface area contributed by atoms with E-state index in [0.717, 1.165) is 11.3 Å². The van der Waals surface area contributed by atoms with Crippen molar-refractivity contribution in [1.82, 2.24) is 35.6 Å². The van der Waals surface area contributed by atoms with Crippen molar-refractivity contribution in [3.05, 3.63) is 41.2 Å². The maximum Gasteiger partial charge on any atom is 0.293 e. The number of ether oxygens (including phenoxy) is 1. The van der Waals surface area contributed by atoms with Crippen LogP contribution in [0.2, 0.25) is 0 Å². The molecule has 0 aliphatic rings. The topological polar surface area (TPSA) is 150 Å². The van der Waals surface area contributed by atoms with Crippen molar-refractivity contribution in [2.24, 2.45) is 5.10 Å². The molecule has 2 aromatic heterocycles. The van der Waals surface area contributed by atoms with Crippen molar-refractivity contribution in [2.45, 2.75) is 13.5 Å². The first-order valence-corrected chi connectivity index (χ1v) is 8.73. The number of amides is 1. The van der Waals surface area contributed by atoms with Crippen molar-refractivity contribution in [2.75, 3.05) is 26.4 Å². The molecule has 0 radical (unpaired) electrons. The molecule has 0 unspecified atom stereocenters. The van der Waals surface area contributed by atoms with Gasteiger partial charge < -0.3 is 15.4 Å². The van der Waals surface area contributed by atoms with Gasteiger partial charge in [-0.3, -0.25) is 4.79 Å². The van der Waals surface area contributed by atoms with Crippen LogP contribution in [0.25, 0.3) is 5.82 Å². The van der Waals surface area contributed by atoms with E-state index in [2.05, 4.69) is 35.8 Å². The Labute approximate surface area is 166 Å². The average Bonchev–Trinajstić information content (AvgIpc) is 3.28. The molecule has 3 rings (SSSR count). The molecule has 2 heterocycles. The van der Waals surface area contributed by atoms with E-state index in [9.17, 15) is 4.79 Å². The summed E-state index contributed by atoms with van der Waals surface area (Å²) in [6, 6.07) is 7.30. The Kier molecular flexibility index (Phi) is 6.14. The van der Waals surface area contributed by atoms with Crippen molar-refractivity contribution in [3.8, 4) is 11.6 Å². The summed E-state index contributed by atoms with van der Waals surface area (Å²) in [5.74, 6) is 0.437. The fraction of sp³-hybridized carbons (Fsp3) is 0.294. The van der Waals surface area contributed by atoms with E-state index in [-0.39, 0.29) is 17.3 Å². The third-order valence-electron chi connectivity index (χ3n) is 3.71. The minimum absolute atomic E-state index is 0.0374. The van der Waals surface area contributed by atoms with Crippen molar-refractivity contribution in [3.63, 3.8) is 0 Å². The Morgan fingerprint density at radius 1 is 1.34 bits per heavy atom. The first kappa shape index (κ1) is 19.9. The zero-order chi connectivity index (χ0) is 20.8. The molecular weight excluding hydrogens is 378 g/mol. The summed E-state index contributed by atoms with van der Waals surface area (Å²) < 4.78 is 11.3. The average molecular weight is 399 g/mol. The van der Waals surface area contributed by atoms with Gasteiger partial charge in [-0.2, -0.15) is 9.78 Å². The maximum absolute atomic E-state index is 12.6. The molecule has 12 nitrogen and oxygen atoms in total. The Bertz CT molecular complexity index is 992. The van der Waals surface area contributed by atoms with Crippen molar-refractivity contribution in [1.29, 1.82) is 0 Å². The van der Waals surface area contributed by atoms with Gasteiger partial charge in [0, 0.05) is 6.54 Å². The zero-order valence-electron chi connectivity index (χ0n) is 16.2. The number of rotatable bonds is 8. The van der Waals surface area contributed by atoms with Gasteiger partial charge in [0.05, 0.1) is 18.5 Å². The predicted molar refractivity (Wildman–Crippen MR) is 104 cm³/mol. The number of anilines is 1. The highest BCUT2D eigenvalue weighted by molar-refractivity contribution is 5.94. The van der Waals surface area contributed by atoms with Crippen molar-refractivity contribution < 1.29 is 14.2 Å². The van der Waals surface area contributed by atoms with E-state index in [1.165, 1.54) is 10.9 Å². The SMILES string of the molecule is CCOc1ccc(/C=N\NC(=O)c2nnn(-c3nonc3N)c2CN(C)C)cc1. The number of carbonyl (C=O) groups excluding carboxylic acids is 1. The number of nitrogens with one attached hydrogen (secondary N) is 1. The van der Waals surface area contributed by atoms with Crippen LogP contribution in [0, 0.1) is 0 Å². The summed E-state index contributed by atoms with van der Waals surface area (Å²) in [5, 5.41) is 19.1. The lowest BCUT2D eigenvalue weighted by Gasteiger charge is -2.11. The maximum atomic E-state index is 12.6.